The summed E-state index contributed by atoms with van der Waals surface area (Å²) in [6, 6.07) is 4.28. The van der Waals surface area contributed by atoms with Crippen LogP contribution in [0.3, 0.4) is 0 Å². The number of hydrogen-bond acceptors (Lipinski definition) is 6. The topological polar surface area (TPSA) is 92.0 Å². The SMILES string of the molecule is O=C1NC[C@H](O)COc2ccc(F)cc2[C@H]2CC(F)(F)CN2c2ccn3ncc1c3n2. The molecule has 2 aliphatic heterocycles. The molecule has 2 N–H and O–H groups in total. The Morgan fingerprint density at radius 2 is 2.13 bits per heavy atom. The number of carbonyl (C=O) groups is 1. The number of nitrogens with one attached hydrogen (secondary N) is 1. The Kier molecular flexibility index (Phi) is 4.50. The molecule has 11 heteroatoms. The summed E-state index contributed by atoms with van der Waals surface area (Å²) < 4.78 is 50.1. The molecule has 0 spiro atoms. The first kappa shape index (κ1) is 19.6. The minimum Gasteiger partial charge on any atom is -0.490 e. The molecule has 1 aromatic carbocycles. The lowest BCUT2D eigenvalue weighted by Gasteiger charge is -2.27. The minimum atomic E-state index is -3.05. The van der Waals surface area contributed by atoms with Gasteiger partial charge in [0.15, 0.2) is 5.65 Å². The van der Waals surface area contributed by atoms with Gasteiger partial charge in [-0.05, 0) is 24.3 Å². The highest BCUT2D eigenvalue weighted by molar-refractivity contribution is 5.99. The Hall–Kier alpha value is -3.34. The maximum atomic E-state index is 14.5. The van der Waals surface area contributed by atoms with Crippen molar-refractivity contribution >= 4 is 17.4 Å². The molecule has 5 rings (SSSR count). The van der Waals surface area contributed by atoms with Gasteiger partial charge in [0.1, 0.15) is 35.7 Å². The molecule has 2 aromatic heterocycles. The number of benzene rings is 1. The predicted octanol–water partition coefficient (Wildman–Crippen LogP) is 1.94. The number of anilines is 1. The molecule has 3 aromatic rings. The molecule has 4 heterocycles. The van der Waals surface area contributed by atoms with E-state index in [0.717, 1.165) is 12.1 Å². The van der Waals surface area contributed by atoms with E-state index in [-0.39, 0.29) is 41.5 Å². The van der Waals surface area contributed by atoms with Gasteiger partial charge in [0, 0.05) is 24.7 Å². The Labute approximate surface area is 174 Å². The highest BCUT2D eigenvalue weighted by Gasteiger charge is 2.47. The van der Waals surface area contributed by atoms with Crippen LogP contribution >= 0.6 is 0 Å². The molecule has 1 amide bonds. The second kappa shape index (κ2) is 7.12. The van der Waals surface area contributed by atoms with Crippen LogP contribution in [0.1, 0.15) is 28.4 Å². The summed E-state index contributed by atoms with van der Waals surface area (Å²) >= 11 is 0. The van der Waals surface area contributed by atoms with Crippen LogP contribution in [0.15, 0.2) is 36.7 Å². The Morgan fingerprint density at radius 3 is 2.97 bits per heavy atom. The summed E-state index contributed by atoms with van der Waals surface area (Å²) in [5, 5.41) is 16.8. The number of fused-ring (bicyclic) bond motifs is 5. The van der Waals surface area contributed by atoms with E-state index in [0.29, 0.717) is 0 Å². The van der Waals surface area contributed by atoms with Crippen LogP contribution in [-0.4, -0.2) is 57.3 Å². The summed E-state index contributed by atoms with van der Waals surface area (Å²) in [4.78, 5) is 18.3. The molecule has 31 heavy (non-hydrogen) atoms. The van der Waals surface area contributed by atoms with Gasteiger partial charge in [-0.25, -0.2) is 22.7 Å². The smallest absolute Gasteiger partial charge is 0.267 e. The Balaban J connectivity index is 1.69. The number of β-amino-alcohol motifs (C(OH)–C–C–N with tert-alkyl or cyclic N) is 1. The monoisotopic (exact) mass is 433 g/mol. The standard InChI is InChI=1S/C20H18F3N5O3/c21-11-1-2-16-13(5-11)15-6-20(22,23)10-27(15)17-3-4-28-18(26-17)14(8-25-28)19(30)24-7-12(29)9-31-16/h1-5,8,12,15,29H,6-7,9-10H2,(H,24,30)/t12-,15+/m0/s1. The average Bonchev–Trinajstić information content (AvgIpc) is 3.30. The number of carbonyl (C=O) groups excluding carboxylic acids is 1. The number of alkyl halides is 2. The number of hydrogen-bond donors (Lipinski definition) is 2. The molecule has 0 aliphatic carbocycles. The van der Waals surface area contributed by atoms with Gasteiger partial charge in [-0.3, -0.25) is 4.79 Å². The molecule has 2 atom stereocenters. The maximum Gasteiger partial charge on any atom is 0.267 e. The van der Waals surface area contributed by atoms with Gasteiger partial charge < -0.3 is 20.1 Å². The lowest BCUT2D eigenvalue weighted by Crippen LogP contribution is -2.35. The summed E-state index contributed by atoms with van der Waals surface area (Å²) in [6.07, 6.45) is 1.20. The third-order valence-electron chi connectivity index (χ3n) is 5.42. The second-order valence-corrected chi connectivity index (χ2v) is 7.67. The molecule has 1 saturated heterocycles. The highest BCUT2D eigenvalue weighted by Crippen LogP contribution is 2.45. The van der Waals surface area contributed by atoms with E-state index in [1.54, 1.807) is 0 Å². The lowest BCUT2D eigenvalue weighted by molar-refractivity contribution is 0.0221. The fraction of sp³-hybridized carbons (Fsp3) is 0.350. The first-order chi connectivity index (χ1) is 14.8. The first-order valence-corrected chi connectivity index (χ1v) is 9.68. The minimum absolute atomic E-state index is 0.111. The van der Waals surface area contributed by atoms with E-state index in [1.807, 2.05) is 0 Å². The largest absolute Gasteiger partial charge is 0.490 e. The first-order valence-electron chi connectivity index (χ1n) is 9.68. The molecule has 2 bridgehead atoms. The molecule has 0 radical (unpaired) electrons. The molecule has 0 saturated carbocycles. The van der Waals surface area contributed by atoms with Crippen LogP contribution in [-0.2, 0) is 0 Å². The Bertz CT molecular complexity index is 1170. The summed E-state index contributed by atoms with van der Waals surface area (Å²) in [5.74, 6) is -3.76. The van der Waals surface area contributed by atoms with Crippen LogP contribution in [0.4, 0.5) is 19.0 Å². The zero-order valence-corrected chi connectivity index (χ0v) is 16.1. The van der Waals surface area contributed by atoms with Crippen molar-refractivity contribution in [3.8, 4) is 5.75 Å². The summed E-state index contributed by atoms with van der Waals surface area (Å²) in [6.45, 7) is -0.954. The van der Waals surface area contributed by atoms with Gasteiger partial charge in [-0.1, -0.05) is 0 Å². The molecule has 2 aliphatic rings. The van der Waals surface area contributed by atoms with Crippen LogP contribution in [0.25, 0.3) is 5.65 Å². The number of nitrogens with zero attached hydrogens (tertiary/aromatic N) is 4. The summed E-state index contributed by atoms with van der Waals surface area (Å²) in [7, 11) is 0. The van der Waals surface area contributed by atoms with Crippen molar-refractivity contribution in [2.24, 2.45) is 0 Å². The number of amides is 1. The van der Waals surface area contributed by atoms with Gasteiger partial charge in [0.25, 0.3) is 11.8 Å². The van der Waals surface area contributed by atoms with Crippen LogP contribution in [0, 0.1) is 5.82 Å². The quantitative estimate of drug-likeness (QED) is 0.563. The number of aromatic nitrogens is 3. The lowest BCUT2D eigenvalue weighted by atomic mass is 10.0. The van der Waals surface area contributed by atoms with E-state index in [2.05, 4.69) is 15.4 Å². The van der Waals surface area contributed by atoms with E-state index in [1.165, 1.54) is 33.9 Å². The predicted molar refractivity (Wildman–Crippen MR) is 103 cm³/mol. The molecular weight excluding hydrogens is 415 g/mol. The van der Waals surface area contributed by atoms with Crippen molar-refractivity contribution in [1.82, 2.24) is 19.9 Å². The van der Waals surface area contributed by atoms with E-state index < -0.39 is 42.8 Å². The molecule has 1 fully saturated rings. The average molecular weight is 433 g/mol. The number of rotatable bonds is 0. The molecular formula is C20H18F3N5O3. The van der Waals surface area contributed by atoms with Gasteiger partial charge in [0.2, 0.25) is 0 Å². The zero-order valence-electron chi connectivity index (χ0n) is 16.1. The van der Waals surface area contributed by atoms with E-state index >= 15 is 0 Å². The van der Waals surface area contributed by atoms with Gasteiger partial charge in [-0.2, -0.15) is 5.10 Å². The van der Waals surface area contributed by atoms with Gasteiger partial charge in [-0.15, -0.1) is 0 Å². The van der Waals surface area contributed by atoms with Gasteiger partial charge >= 0.3 is 0 Å². The van der Waals surface area contributed by atoms with Crippen molar-refractivity contribution < 1.29 is 27.8 Å². The number of ether oxygens (including phenoxy) is 1. The fourth-order valence-electron chi connectivity index (χ4n) is 3.98. The summed E-state index contributed by atoms with van der Waals surface area (Å²) in [5.41, 5.74) is 0.563. The van der Waals surface area contributed by atoms with E-state index in [4.69, 9.17) is 4.74 Å². The maximum absolute atomic E-state index is 14.5. The number of aliphatic hydroxyl groups is 1. The van der Waals surface area contributed by atoms with Crippen molar-refractivity contribution in [3.05, 3.63) is 53.6 Å². The second-order valence-electron chi connectivity index (χ2n) is 7.67. The zero-order chi connectivity index (χ0) is 21.8. The third kappa shape index (κ3) is 3.54. The fourth-order valence-corrected chi connectivity index (χ4v) is 3.98. The van der Waals surface area contributed by atoms with Crippen molar-refractivity contribution in [2.45, 2.75) is 24.5 Å². The molecule has 0 unspecified atom stereocenters. The van der Waals surface area contributed by atoms with Crippen molar-refractivity contribution in [3.63, 3.8) is 0 Å². The Morgan fingerprint density at radius 1 is 1.29 bits per heavy atom. The highest BCUT2D eigenvalue weighted by atomic mass is 19.3. The number of halogens is 3. The number of aliphatic hydroxyl groups excluding tert-OH is 1. The van der Waals surface area contributed by atoms with Crippen LogP contribution < -0.4 is 15.0 Å². The van der Waals surface area contributed by atoms with Crippen molar-refractivity contribution in [1.29, 1.82) is 0 Å². The van der Waals surface area contributed by atoms with Crippen LogP contribution in [0.2, 0.25) is 0 Å². The van der Waals surface area contributed by atoms with Crippen molar-refractivity contribution in [2.75, 3.05) is 24.6 Å². The molecule has 8 nitrogen and oxygen atoms in total. The third-order valence-corrected chi connectivity index (χ3v) is 5.42. The van der Waals surface area contributed by atoms with Crippen LogP contribution in [0.5, 0.6) is 5.75 Å². The normalized spacial score (nSPS) is 23.1. The molecule has 162 valence electrons. The van der Waals surface area contributed by atoms with E-state index in [9.17, 15) is 23.1 Å². The van der Waals surface area contributed by atoms with Gasteiger partial charge in [0.05, 0.1) is 18.8 Å².